The second-order valence-electron chi connectivity index (χ2n) is 4.19. The van der Waals surface area contributed by atoms with Crippen molar-refractivity contribution in [3.05, 3.63) is 34.7 Å². The summed E-state index contributed by atoms with van der Waals surface area (Å²) < 4.78 is 20.1. The van der Waals surface area contributed by atoms with Gasteiger partial charge in [-0.3, -0.25) is 5.10 Å². The minimum Gasteiger partial charge on any atom is -0.435 e. The lowest BCUT2D eigenvalue weighted by molar-refractivity contribution is 0.432. The summed E-state index contributed by atoms with van der Waals surface area (Å²) in [4.78, 5) is 8.48. The number of hydrogen-bond acceptors (Lipinski definition) is 5. The van der Waals surface area contributed by atoms with Gasteiger partial charge in [0.1, 0.15) is 5.39 Å². The zero-order valence-electron chi connectivity index (χ0n) is 11.0. The summed E-state index contributed by atoms with van der Waals surface area (Å²) in [5, 5.41) is 10.2. The number of aromatic nitrogens is 4. The van der Waals surface area contributed by atoms with Crippen LogP contribution >= 0.6 is 15.9 Å². The molecule has 2 aromatic heterocycles. The third-order valence-electron chi connectivity index (χ3n) is 2.71. The second kappa shape index (κ2) is 5.65. The zero-order chi connectivity index (χ0) is 14.8. The number of aromatic amines is 1. The molecule has 0 saturated heterocycles. The predicted molar refractivity (Wildman–Crippen MR) is 80.0 cm³/mol. The summed E-state index contributed by atoms with van der Waals surface area (Å²) in [5.74, 6) is 0.235. The fraction of sp³-hybridized carbons (Fsp3) is 0.154. The van der Waals surface area contributed by atoms with Crippen molar-refractivity contribution in [2.24, 2.45) is 0 Å². The van der Waals surface area contributed by atoms with Crippen molar-refractivity contribution in [2.75, 3.05) is 11.9 Å². The Morgan fingerprint density at radius 1 is 1.38 bits per heavy atom. The van der Waals surface area contributed by atoms with Crippen molar-refractivity contribution in [3.63, 3.8) is 0 Å². The highest BCUT2D eigenvalue weighted by molar-refractivity contribution is 9.10. The van der Waals surface area contributed by atoms with Gasteiger partial charge in [0.15, 0.2) is 17.2 Å². The van der Waals surface area contributed by atoms with E-state index in [2.05, 4.69) is 41.4 Å². The van der Waals surface area contributed by atoms with E-state index in [0.717, 1.165) is 0 Å². The van der Waals surface area contributed by atoms with Crippen molar-refractivity contribution in [1.82, 2.24) is 20.2 Å². The van der Waals surface area contributed by atoms with Crippen molar-refractivity contribution in [3.8, 4) is 11.6 Å². The Morgan fingerprint density at radius 3 is 3.00 bits per heavy atom. The number of H-pyrrole nitrogens is 1. The first-order valence-electron chi connectivity index (χ1n) is 6.25. The van der Waals surface area contributed by atoms with Crippen LogP contribution in [0, 0.1) is 5.82 Å². The lowest BCUT2D eigenvalue weighted by Crippen LogP contribution is -2.03. The van der Waals surface area contributed by atoms with Crippen LogP contribution in [0.3, 0.4) is 0 Å². The quantitative estimate of drug-likeness (QED) is 0.752. The van der Waals surface area contributed by atoms with Crippen LogP contribution in [0.1, 0.15) is 6.92 Å². The molecule has 0 aliphatic carbocycles. The van der Waals surface area contributed by atoms with Crippen molar-refractivity contribution < 1.29 is 9.13 Å². The Balaban J connectivity index is 2.04. The van der Waals surface area contributed by atoms with Gasteiger partial charge >= 0.3 is 0 Å². The molecule has 0 aliphatic rings. The minimum absolute atomic E-state index is 0.0850. The van der Waals surface area contributed by atoms with Crippen molar-refractivity contribution in [2.45, 2.75) is 6.92 Å². The molecule has 8 heteroatoms. The average molecular weight is 352 g/mol. The van der Waals surface area contributed by atoms with Crippen molar-refractivity contribution in [1.29, 1.82) is 0 Å². The highest BCUT2D eigenvalue weighted by Gasteiger charge is 2.13. The molecule has 6 nitrogen and oxygen atoms in total. The summed E-state index contributed by atoms with van der Waals surface area (Å²) in [6.07, 6.45) is 1.54. The van der Waals surface area contributed by atoms with Gasteiger partial charge < -0.3 is 10.1 Å². The second-order valence-corrected chi connectivity index (χ2v) is 5.11. The SMILES string of the molecule is CCNc1nc(Oc2ccc(Br)cc2F)c2cn[nH]c2n1. The van der Waals surface area contributed by atoms with Crippen LogP contribution in [0.4, 0.5) is 10.3 Å². The topological polar surface area (TPSA) is 75.7 Å². The number of anilines is 1. The molecule has 0 saturated carbocycles. The highest BCUT2D eigenvalue weighted by Crippen LogP contribution is 2.30. The summed E-state index contributed by atoms with van der Waals surface area (Å²) in [7, 11) is 0. The number of rotatable bonds is 4. The molecule has 0 aliphatic heterocycles. The highest BCUT2D eigenvalue weighted by atomic mass is 79.9. The van der Waals surface area contributed by atoms with E-state index in [-0.39, 0.29) is 11.6 Å². The standard InChI is InChI=1S/C13H11BrFN5O/c1-2-16-13-18-11-8(6-17-20-11)12(19-13)21-10-4-3-7(14)5-9(10)15/h3-6H,2H2,1H3,(H2,16,17,18,19,20). The van der Waals surface area contributed by atoms with E-state index in [4.69, 9.17) is 4.74 Å². The van der Waals surface area contributed by atoms with E-state index in [1.54, 1.807) is 6.07 Å². The van der Waals surface area contributed by atoms with E-state index >= 15 is 0 Å². The van der Waals surface area contributed by atoms with Gasteiger partial charge in [-0.1, -0.05) is 15.9 Å². The largest absolute Gasteiger partial charge is 0.435 e. The van der Waals surface area contributed by atoms with Crippen LogP contribution in [0.2, 0.25) is 0 Å². The molecule has 0 fully saturated rings. The number of hydrogen-bond donors (Lipinski definition) is 2. The maximum absolute atomic E-state index is 13.9. The van der Waals surface area contributed by atoms with Gasteiger partial charge in [0.2, 0.25) is 11.8 Å². The monoisotopic (exact) mass is 351 g/mol. The number of halogens is 2. The van der Waals surface area contributed by atoms with Gasteiger partial charge in [0, 0.05) is 11.0 Å². The number of fused-ring (bicyclic) bond motifs is 1. The molecule has 108 valence electrons. The molecule has 0 unspecified atom stereocenters. The first kappa shape index (κ1) is 13.7. The lowest BCUT2D eigenvalue weighted by atomic mass is 10.3. The predicted octanol–water partition coefficient (Wildman–Crippen LogP) is 3.48. The zero-order valence-corrected chi connectivity index (χ0v) is 12.6. The fourth-order valence-corrected chi connectivity index (χ4v) is 2.12. The molecule has 0 amide bonds. The Bertz CT molecular complexity index is 791. The van der Waals surface area contributed by atoms with Crippen molar-refractivity contribution >= 4 is 32.9 Å². The van der Waals surface area contributed by atoms with E-state index in [9.17, 15) is 4.39 Å². The Kier molecular flexibility index (Phi) is 3.70. The van der Waals surface area contributed by atoms with Crippen LogP contribution in [0.5, 0.6) is 11.6 Å². The third-order valence-corrected chi connectivity index (χ3v) is 3.20. The van der Waals surface area contributed by atoms with E-state index < -0.39 is 5.82 Å². The average Bonchev–Trinajstić information content (AvgIpc) is 2.91. The van der Waals surface area contributed by atoms with Gasteiger partial charge in [-0.25, -0.2) is 4.39 Å². The molecule has 21 heavy (non-hydrogen) atoms. The summed E-state index contributed by atoms with van der Waals surface area (Å²) in [6.45, 7) is 2.58. The molecule has 0 spiro atoms. The molecule has 2 N–H and O–H groups in total. The van der Waals surface area contributed by atoms with E-state index in [1.807, 2.05) is 6.92 Å². The van der Waals surface area contributed by atoms with Gasteiger partial charge in [-0.2, -0.15) is 15.1 Å². The van der Waals surface area contributed by atoms with E-state index in [1.165, 1.54) is 18.3 Å². The normalized spacial score (nSPS) is 10.8. The molecule has 0 radical (unpaired) electrons. The minimum atomic E-state index is -0.482. The number of nitrogens with one attached hydrogen (secondary N) is 2. The summed E-state index contributed by atoms with van der Waals surface area (Å²) in [6, 6.07) is 4.55. The Morgan fingerprint density at radius 2 is 2.24 bits per heavy atom. The molecule has 2 heterocycles. The molecular formula is C13H11BrFN5O. The third kappa shape index (κ3) is 2.80. The van der Waals surface area contributed by atoms with Crippen LogP contribution in [-0.4, -0.2) is 26.7 Å². The molecule has 1 aromatic carbocycles. The van der Waals surface area contributed by atoms with Crippen LogP contribution in [-0.2, 0) is 0 Å². The molecule has 0 bridgehead atoms. The van der Waals surface area contributed by atoms with Crippen LogP contribution < -0.4 is 10.1 Å². The van der Waals surface area contributed by atoms with Gasteiger partial charge in [0.05, 0.1) is 6.20 Å². The van der Waals surface area contributed by atoms with Gasteiger partial charge in [-0.15, -0.1) is 0 Å². The van der Waals surface area contributed by atoms with Gasteiger partial charge in [-0.05, 0) is 25.1 Å². The number of ether oxygens (including phenoxy) is 1. The maximum atomic E-state index is 13.9. The smallest absolute Gasteiger partial charge is 0.235 e. The summed E-state index contributed by atoms with van der Waals surface area (Å²) in [5.41, 5.74) is 0.522. The van der Waals surface area contributed by atoms with E-state index in [0.29, 0.717) is 28.0 Å². The van der Waals surface area contributed by atoms with Crippen LogP contribution in [0.15, 0.2) is 28.9 Å². The number of benzene rings is 1. The Hall–Kier alpha value is -2.22. The van der Waals surface area contributed by atoms with Gasteiger partial charge in [0.25, 0.3) is 0 Å². The Labute approximate surface area is 127 Å². The lowest BCUT2D eigenvalue weighted by Gasteiger charge is -2.09. The van der Waals surface area contributed by atoms with Crippen LogP contribution in [0.25, 0.3) is 11.0 Å². The molecular weight excluding hydrogens is 341 g/mol. The molecule has 3 aromatic rings. The molecule has 0 atom stereocenters. The first-order chi connectivity index (χ1) is 10.2. The number of nitrogens with zero attached hydrogens (tertiary/aromatic N) is 3. The molecule has 3 rings (SSSR count). The first-order valence-corrected chi connectivity index (χ1v) is 7.04. The summed E-state index contributed by atoms with van der Waals surface area (Å²) >= 11 is 3.20. The fourth-order valence-electron chi connectivity index (χ4n) is 1.79. The maximum Gasteiger partial charge on any atom is 0.235 e.